The predicted octanol–water partition coefficient (Wildman–Crippen LogP) is 11.5. The first-order chi connectivity index (χ1) is 23.9. The molecule has 0 aliphatic heterocycles. The van der Waals surface area contributed by atoms with E-state index in [0.29, 0.717) is 0 Å². The van der Waals surface area contributed by atoms with Crippen LogP contribution in [0.3, 0.4) is 0 Å². The minimum Gasteiger partial charge on any atom is -0.308 e. The molecule has 6 aromatic carbocycles. The number of nitrogens with zero attached hydrogens (tertiary/aromatic N) is 3. The maximum Gasteiger partial charge on any atom is 0.160 e. The Morgan fingerprint density at radius 3 is 1.84 bits per heavy atom. The third-order valence-corrected chi connectivity index (χ3v) is 11.2. The fourth-order valence-electron chi connectivity index (χ4n) is 8.89. The average Bonchev–Trinajstić information content (AvgIpc) is 3.69. The van der Waals surface area contributed by atoms with Crippen molar-refractivity contribution in [2.24, 2.45) is 0 Å². The van der Waals surface area contributed by atoms with Gasteiger partial charge in [0.1, 0.15) is 0 Å². The van der Waals surface area contributed by atoms with Crippen molar-refractivity contribution in [2.75, 3.05) is 0 Å². The normalized spacial score (nSPS) is 14.9. The zero-order chi connectivity index (χ0) is 33.1. The molecule has 234 valence electrons. The lowest BCUT2D eigenvalue weighted by Gasteiger charge is -2.25. The molecule has 0 unspecified atom stereocenters. The van der Waals surface area contributed by atoms with Gasteiger partial charge in [-0.25, -0.2) is 9.97 Å². The highest BCUT2D eigenvalue weighted by molar-refractivity contribution is 6.16. The van der Waals surface area contributed by atoms with E-state index in [1.807, 2.05) is 6.07 Å². The predicted molar refractivity (Wildman–Crippen MR) is 202 cm³/mol. The summed E-state index contributed by atoms with van der Waals surface area (Å²) in [6.07, 6.45) is 0. The first-order valence-corrected chi connectivity index (χ1v) is 17.2. The van der Waals surface area contributed by atoms with Crippen LogP contribution in [-0.2, 0) is 10.8 Å². The van der Waals surface area contributed by atoms with Crippen molar-refractivity contribution in [1.29, 1.82) is 0 Å². The van der Waals surface area contributed by atoms with Gasteiger partial charge in [-0.1, -0.05) is 155 Å². The molecule has 0 amide bonds. The second-order valence-corrected chi connectivity index (χ2v) is 14.6. The van der Waals surface area contributed by atoms with E-state index in [-0.39, 0.29) is 10.8 Å². The molecule has 2 aliphatic rings. The second kappa shape index (κ2) is 9.87. The van der Waals surface area contributed by atoms with Crippen molar-refractivity contribution in [2.45, 2.75) is 38.5 Å². The molecule has 0 radical (unpaired) electrons. The van der Waals surface area contributed by atoms with Crippen LogP contribution in [0.15, 0.2) is 140 Å². The van der Waals surface area contributed by atoms with E-state index in [1.165, 1.54) is 60.8 Å². The number of fused-ring (bicyclic) bond motifs is 10. The summed E-state index contributed by atoms with van der Waals surface area (Å²) in [4.78, 5) is 10.8. The van der Waals surface area contributed by atoms with Crippen LogP contribution >= 0.6 is 0 Å². The summed E-state index contributed by atoms with van der Waals surface area (Å²) < 4.78 is 2.52. The van der Waals surface area contributed by atoms with Crippen molar-refractivity contribution in [3.63, 3.8) is 0 Å². The van der Waals surface area contributed by atoms with E-state index in [2.05, 4.69) is 166 Å². The van der Waals surface area contributed by atoms with Gasteiger partial charge in [0.05, 0.1) is 28.1 Å². The molecule has 0 saturated carbocycles. The highest BCUT2D eigenvalue weighted by Crippen LogP contribution is 2.55. The minimum absolute atomic E-state index is 0.102. The molecule has 0 spiro atoms. The van der Waals surface area contributed by atoms with Crippen LogP contribution in [0.2, 0.25) is 0 Å². The van der Waals surface area contributed by atoms with E-state index in [1.54, 1.807) is 0 Å². The largest absolute Gasteiger partial charge is 0.308 e. The summed E-state index contributed by atoms with van der Waals surface area (Å²) >= 11 is 0. The van der Waals surface area contributed by atoms with Gasteiger partial charge < -0.3 is 4.57 Å². The molecule has 8 aromatic rings. The summed E-state index contributed by atoms with van der Waals surface area (Å²) in [5.74, 6) is 0.746. The van der Waals surface area contributed by atoms with Gasteiger partial charge in [0.15, 0.2) is 5.82 Å². The summed E-state index contributed by atoms with van der Waals surface area (Å²) in [6, 6.07) is 50.5. The van der Waals surface area contributed by atoms with Gasteiger partial charge in [0.25, 0.3) is 0 Å². The molecule has 0 saturated heterocycles. The molecule has 2 aliphatic carbocycles. The van der Waals surface area contributed by atoms with Crippen molar-refractivity contribution in [3.05, 3.63) is 162 Å². The summed E-state index contributed by atoms with van der Waals surface area (Å²) in [5.41, 5.74) is 16.4. The molecule has 0 N–H and O–H groups in total. The Labute approximate surface area is 286 Å². The van der Waals surface area contributed by atoms with E-state index < -0.39 is 0 Å². The monoisotopic (exact) mass is 629 g/mol. The number of hydrogen-bond acceptors (Lipinski definition) is 2. The second-order valence-electron chi connectivity index (χ2n) is 14.6. The van der Waals surface area contributed by atoms with Gasteiger partial charge >= 0.3 is 0 Å². The maximum atomic E-state index is 5.50. The summed E-state index contributed by atoms with van der Waals surface area (Å²) in [5, 5.41) is 2.52. The number of aromatic nitrogens is 3. The number of rotatable bonds is 3. The average molecular weight is 630 g/mol. The lowest BCUT2D eigenvalue weighted by molar-refractivity contribution is 0.657. The molecule has 2 heterocycles. The lowest BCUT2D eigenvalue weighted by Crippen LogP contribution is -2.18. The quantitative estimate of drug-likeness (QED) is 0.195. The molecule has 0 atom stereocenters. The van der Waals surface area contributed by atoms with Gasteiger partial charge in [-0.2, -0.15) is 0 Å². The van der Waals surface area contributed by atoms with Gasteiger partial charge in [-0.3, -0.25) is 0 Å². The summed E-state index contributed by atoms with van der Waals surface area (Å²) in [6.45, 7) is 9.36. The summed E-state index contributed by atoms with van der Waals surface area (Å²) in [7, 11) is 0. The van der Waals surface area contributed by atoms with Crippen LogP contribution < -0.4 is 0 Å². The zero-order valence-electron chi connectivity index (χ0n) is 28.1. The van der Waals surface area contributed by atoms with E-state index in [0.717, 1.165) is 34.0 Å². The molecule has 3 heteroatoms. The molecule has 0 fully saturated rings. The van der Waals surface area contributed by atoms with Crippen molar-refractivity contribution >= 4 is 21.8 Å². The van der Waals surface area contributed by atoms with Crippen LogP contribution in [-0.4, -0.2) is 14.5 Å². The lowest BCUT2D eigenvalue weighted by atomic mass is 9.80. The molecule has 0 bridgehead atoms. The number of hydrogen-bond donors (Lipinski definition) is 0. The van der Waals surface area contributed by atoms with Gasteiger partial charge in [0.2, 0.25) is 0 Å². The van der Waals surface area contributed by atoms with Crippen LogP contribution in [0.5, 0.6) is 0 Å². The third kappa shape index (κ3) is 3.73. The molecule has 3 nitrogen and oxygen atoms in total. The smallest absolute Gasteiger partial charge is 0.160 e. The Balaban J connectivity index is 1.35. The topological polar surface area (TPSA) is 30.7 Å². The minimum atomic E-state index is -0.283. The highest BCUT2D eigenvalue weighted by atomic mass is 15.0. The fraction of sp³-hybridized carbons (Fsp3) is 0.130. The standard InChI is InChI=1S/C46H35N3/c1-45(2)34-22-12-8-19-31(34)39-36(45)27-26-30-29-18-10-14-24-37(29)49(43(30)39)38-25-15-11-21-33(38)42-40-41(32-20-9-13-23-35(32)46(40,3)4)47-44(48-42)28-16-6-5-7-17-28/h5-27H,1-4H3. The number of para-hydroxylation sites is 2. The number of benzene rings is 6. The first-order valence-electron chi connectivity index (χ1n) is 17.2. The van der Waals surface area contributed by atoms with Crippen molar-refractivity contribution < 1.29 is 0 Å². The van der Waals surface area contributed by atoms with Crippen LogP contribution in [0, 0.1) is 0 Å². The third-order valence-electron chi connectivity index (χ3n) is 11.2. The van der Waals surface area contributed by atoms with Crippen molar-refractivity contribution in [3.8, 4) is 50.7 Å². The molecular weight excluding hydrogens is 595 g/mol. The first kappa shape index (κ1) is 28.2. The van der Waals surface area contributed by atoms with E-state index in [9.17, 15) is 0 Å². The Kier molecular flexibility index (Phi) is 5.69. The molecule has 49 heavy (non-hydrogen) atoms. The Morgan fingerprint density at radius 1 is 0.469 bits per heavy atom. The van der Waals surface area contributed by atoms with Gasteiger partial charge in [-0.15, -0.1) is 0 Å². The molecular formula is C46H35N3. The van der Waals surface area contributed by atoms with Gasteiger partial charge in [-0.05, 0) is 34.4 Å². The van der Waals surface area contributed by atoms with Crippen molar-refractivity contribution in [1.82, 2.24) is 14.5 Å². The zero-order valence-corrected chi connectivity index (χ0v) is 28.1. The SMILES string of the molecule is CC1(C)c2ccccc2-c2c1ccc1c3ccccc3n(-c3ccccc3-c3nc(-c4ccccc4)nc4c3C(C)(C)c3ccccc3-4)c21. The molecule has 2 aromatic heterocycles. The van der Waals surface area contributed by atoms with Crippen LogP contribution in [0.4, 0.5) is 0 Å². The van der Waals surface area contributed by atoms with Crippen LogP contribution in [0.1, 0.15) is 49.9 Å². The van der Waals surface area contributed by atoms with Crippen LogP contribution in [0.25, 0.3) is 72.5 Å². The molecule has 10 rings (SSSR count). The highest BCUT2D eigenvalue weighted by Gasteiger charge is 2.41. The fourth-order valence-corrected chi connectivity index (χ4v) is 8.89. The Bertz CT molecular complexity index is 2660. The van der Waals surface area contributed by atoms with Gasteiger partial charge in [0, 0.05) is 49.4 Å². The Morgan fingerprint density at radius 2 is 1.06 bits per heavy atom. The Hall–Kier alpha value is -5.80. The van der Waals surface area contributed by atoms with E-state index >= 15 is 0 Å². The van der Waals surface area contributed by atoms with E-state index in [4.69, 9.17) is 9.97 Å². The maximum absolute atomic E-state index is 5.50.